The Morgan fingerprint density at radius 3 is 2.73 bits per heavy atom. The molecule has 1 aromatic heterocycles. The summed E-state index contributed by atoms with van der Waals surface area (Å²) in [5.74, 6) is -1.60. The molecule has 0 saturated carbocycles. The number of aliphatic hydroxyl groups is 1. The van der Waals surface area contributed by atoms with Gasteiger partial charge in [-0.3, -0.25) is 4.79 Å². The van der Waals surface area contributed by atoms with Gasteiger partial charge in [0.1, 0.15) is 12.0 Å². The first kappa shape index (κ1) is 14.7. The lowest BCUT2D eigenvalue weighted by Crippen LogP contribution is -2.31. The van der Waals surface area contributed by atoms with Crippen LogP contribution < -0.4 is 0 Å². The van der Waals surface area contributed by atoms with Crippen molar-refractivity contribution >= 4 is 5.91 Å². The van der Waals surface area contributed by atoms with Crippen LogP contribution in [0.2, 0.25) is 0 Å². The van der Waals surface area contributed by atoms with Gasteiger partial charge in [0.05, 0.1) is 17.7 Å². The minimum absolute atomic E-state index is 0.146. The molecule has 1 fully saturated rings. The topological polar surface area (TPSA) is 53.7 Å². The predicted octanol–water partition coefficient (Wildman–Crippen LogP) is 2.81. The maximum absolute atomic E-state index is 13.4. The zero-order chi connectivity index (χ0) is 15.9. The minimum Gasteiger partial charge on any atom is -0.469 e. The molecule has 0 spiro atoms. The van der Waals surface area contributed by atoms with Crippen LogP contribution in [-0.2, 0) is 0 Å². The normalized spacial score (nSPS) is 21.4. The summed E-state index contributed by atoms with van der Waals surface area (Å²) in [6.45, 7) is 1.87. The van der Waals surface area contributed by atoms with Crippen LogP contribution in [0.4, 0.5) is 8.78 Å². The highest BCUT2D eigenvalue weighted by molar-refractivity contribution is 5.94. The average molecular weight is 307 g/mol. The molecule has 1 saturated heterocycles. The predicted molar refractivity (Wildman–Crippen MR) is 74.2 cm³/mol. The number of aryl methyl sites for hydroxylation is 1. The third-order valence-corrected chi connectivity index (χ3v) is 3.85. The van der Waals surface area contributed by atoms with Gasteiger partial charge in [-0.15, -0.1) is 0 Å². The number of aliphatic hydroxyl groups excluding tert-OH is 1. The Morgan fingerprint density at radius 1 is 1.32 bits per heavy atom. The number of nitrogens with zero attached hydrogens (tertiary/aromatic N) is 1. The number of rotatable bonds is 2. The third kappa shape index (κ3) is 2.62. The molecule has 0 aliphatic carbocycles. The van der Waals surface area contributed by atoms with E-state index in [-0.39, 0.29) is 18.9 Å². The number of likely N-dealkylation sites (tertiary alicyclic amines) is 1. The van der Waals surface area contributed by atoms with Gasteiger partial charge in [0.25, 0.3) is 5.91 Å². The van der Waals surface area contributed by atoms with Gasteiger partial charge < -0.3 is 14.4 Å². The lowest BCUT2D eigenvalue weighted by molar-refractivity contribution is 0.0715. The van der Waals surface area contributed by atoms with Crippen LogP contribution >= 0.6 is 0 Å². The number of carbonyl (C=O) groups excluding carboxylic acids is 1. The van der Waals surface area contributed by atoms with Crippen molar-refractivity contribution in [3.8, 4) is 0 Å². The summed E-state index contributed by atoms with van der Waals surface area (Å²) < 4.78 is 31.6. The van der Waals surface area contributed by atoms with E-state index in [9.17, 15) is 18.7 Å². The molecule has 1 aliphatic rings. The number of carbonyl (C=O) groups is 1. The van der Waals surface area contributed by atoms with Gasteiger partial charge in [0.2, 0.25) is 0 Å². The van der Waals surface area contributed by atoms with Crippen LogP contribution in [0.15, 0.2) is 34.9 Å². The standard InChI is InChI=1S/C16H15F2NO3/c1-9-4-11(8-22-9)16(21)19-7-12(20)6-15(19)10-2-3-13(17)14(18)5-10/h2-5,8,12,15,20H,6-7H2,1H3/t12-,15-/m1/s1. The van der Waals surface area contributed by atoms with Crippen LogP contribution in [0.5, 0.6) is 0 Å². The molecular weight excluding hydrogens is 292 g/mol. The molecule has 2 heterocycles. The zero-order valence-corrected chi connectivity index (χ0v) is 11.9. The van der Waals surface area contributed by atoms with E-state index in [0.29, 0.717) is 16.9 Å². The van der Waals surface area contributed by atoms with Crippen molar-refractivity contribution in [2.45, 2.75) is 25.5 Å². The van der Waals surface area contributed by atoms with E-state index in [2.05, 4.69) is 0 Å². The van der Waals surface area contributed by atoms with E-state index in [4.69, 9.17) is 4.42 Å². The molecule has 3 rings (SSSR count). The van der Waals surface area contributed by atoms with Crippen LogP contribution in [0, 0.1) is 18.6 Å². The van der Waals surface area contributed by atoms with Crippen LogP contribution in [-0.4, -0.2) is 28.6 Å². The van der Waals surface area contributed by atoms with Crippen molar-refractivity contribution in [3.63, 3.8) is 0 Å². The van der Waals surface area contributed by atoms with Crippen molar-refractivity contribution in [1.29, 1.82) is 0 Å². The smallest absolute Gasteiger partial charge is 0.257 e. The van der Waals surface area contributed by atoms with Crippen molar-refractivity contribution in [2.24, 2.45) is 0 Å². The number of halogens is 2. The molecular formula is C16H15F2NO3. The molecule has 2 aromatic rings. The number of furan rings is 1. The van der Waals surface area contributed by atoms with Crippen LogP contribution in [0.1, 0.15) is 34.1 Å². The quantitative estimate of drug-likeness (QED) is 0.928. The van der Waals surface area contributed by atoms with Crippen molar-refractivity contribution in [1.82, 2.24) is 4.90 Å². The van der Waals surface area contributed by atoms with Gasteiger partial charge in [-0.25, -0.2) is 8.78 Å². The molecule has 4 nitrogen and oxygen atoms in total. The number of β-amino-alcohol motifs (C(OH)–C–C–N with tert-alkyl or cyclic N) is 1. The van der Waals surface area contributed by atoms with Crippen LogP contribution in [0.25, 0.3) is 0 Å². The summed E-state index contributed by atoms with van der Waals surface area (Å²) in [5.41, 5.74) is 0.836. The summed E-state index contributed by atoms with van der Waals surface area (Å²) in [6.07, 6.45) is 0.938. The van der Waals surface area contributed by atoms with E-state index in [1.54, 1.807) is 13.0 Å². The summed E-state index contributed by atoms with van der Waals surface area (Å²) >= 11 is 0. The summed E-state index contributed by atoms with van der Waals surface area (Å²) in [7, 11) is 0. The van der Waals surface area contributed by atoms with Gasteiger partial charge in [0.15, 0.2) is 11.6 Å². The highest BCUT2D eigenvalue weighted by atomic mass is 19.2. The average Bonchev–Trinajstić information content (AvgIpc) is 3.07. The third-order valence-electron chi connectivity index (χ3n) is 3.85. The fourth-order valence-corrected chi connectivity index (χ4v) is 2.80. The number of hydrogen-bond donors (Lipinski definition) is 1. The van der Waals surface area contributed by atoms with Gasteiger partial charge in [-0.1, -0.05) is 6.07 Å². The molecule has 0 unspecified atom stereocenters. The number of amides is 1. The fourth-order valence-electron chi connectivity index (χ4n) is 2.80. The fraction of sp³-hybridized carbons (Fsp3) is 0.312. The van der Waals surface area contributed by atoms with E-state index in [1.165, 1.54) is 17.2 Å². The van der Waals surface area contributed by atoms with E-state index >= 15 is 0 Å². The molecule has 2 atom stereocenters. The second-order valence-electron chi connectivity index (χ2n) is 5.48. The minimum atomic E-state index is -0.967. The SMILES string of the molecule is Cc1cc(C(=O)N2C[C@H](O)C[C@@H]2c2ccc(F)c(F)c2)co1. The Bertz CT molecular complexity index is 713. The molecule has 1 aromatic carbocycles. The molecule has 6 heteroatoms. The molecule has 1 aliphatic heterocycles. The van der Waals surface area contributed by atoms with Crippen molar-refractivity contribution in [2.75, 3.05) is 6.54 Å². The van der Waals surface area contributed by atoms with E-state index in [0.717, 1.165) is 12.1 Å². The van der Waals surface area contributed by atoms with Crippen molar-refractivity contribution < 1.29 is 23.1 Å². The first-order chi connectivity index (χ1) is 10.5. The maximum atomic E-state index is 13.4. The Labute approximate surface area is 126 Å². The van der Waals surface area contributed by atoms with Gasteiger partial charge in [-0.2, -0.15) is 0 Å². The lowest BCUT2D eigenvalue weighted by Gasteiger charge is -2.24. The molecule has 116 valence electrons. The first-order valence-electron chi connectivity index (χ1n) is 6.95. The highest BCUT2D eigenvalue weighted by Gasteiger charge is 2.36. The summed E-state index contributed by atoms with van der Waals surface area (Å²) in [5, 5.41) is 9.87. The maximum Gasteiger partial charge on any atom is 0.257 e. The number of hydrogen-bond acceptors (Lipinski definition) is 3. The van der Waals surface area contributed by atoms with Crippen molar-refractivity contribution in [3.05, 3.63) is 59.1 Å². The van der Waals surface area contributed by atoms with Gasteiger partial charge in [-0.05, 0) is 37.1 Å². The Hall–Kier alpha value is -2.21. The van der Waals surface area contributed by atoms with Gasteiger partial charge >= 0.3 is 0 Å². The molecule has 1 amide bonds. The second kappa shape index (κ2) is 5.53. The first-order valence-corrected chi connectivity index (χ1v) is 6.95. The Balaban J connectivity index is 1.91. The monoisotopic (exact) mass is 307 g/mol. The summed E-state index contributed by atoms with van der Waals surface area (Å²) in [4.78, 5) is 14.0. The Morgan fingerprint density at radius 2 is 2.09 bits per heavy atom. The molecule has 0 radical (unpaired) electrons. The second-order valence-corrected chi connectivity index (χ2v) is 5.48. The van der Waals surface area contributed by atoms with E-state index < -0.39 is 23.8 Å². The highest BCUT2D eigenvalue weighted by Crippen LogP contribution is 2.34. The largest absolute Gasteiger partial charge is 0.469 e. The molecule has 1 N–H and O–H groups in total. The number of benzene rings is 1. The summed E-state index contributed by atoms with van der Waals surface area (Å²) in [6, 6.07) is 4.64. The Kier molecular flexibility index (Phi) is 3.70. The van der Waals surface area contributed by atoms with E-state index in [1.807, 2.05) is 0 Å². The van der Waals surface area contributed by atoms with Crippen LogP contribution in [0.3, 0.4) is 0 Å². The lowest BCUT2D eigenvalue weighted by atomic mass is 10.0. The van der Waals surface area contributed by atoms with Gasteiger partial charge in [0, 0.05) is 6.54 Å². The zero-order valence-electron chi connectivity index (χ0n) is 11.9. The molecule has 0 bridgehead atoms. The molecule has 22 heavy (non-hydrogen) atoms.